The average Bonchev–Trinajstić information content (AvgIpc) is 2.44. The monoisotopic (exact) mass is 317 g/mol. The van der Waals surface area contributed by atoms with Gasteiger partial charge in [0.05, 0.1) is 22.8 Å². The van der Waals surface area contributed by atoms with Crippen molar-refractivity contribution in [3.8, 4) is 0 Å². The molecular formula is C15H22CoN4. The van der Waals surface area contributed by atoms with E-state index in [4.69, 9.17) is 0 Å². The minimum absolute atomic E-state index is 0. The van der Waals surface area contributed by atoms with E-state index in [0.29, 0.717) is 0 Å². The Morgan fingerprint density at radius 1 is 0.900 bits per heavy atom. The van der Waals surface area contributed by atoms with E-state index in [1.165, 1.54) is 0 Å². The van der Waals surface area contributed by atoms with Crippen molar-refractivity contribution in [2.24, 2.45) is 9.98 Å². The molecule has 0 amide bonds. The molecule has 20 heavy (non-hydrogen) atoms. The topological polar surface area (TPSA) is 49.6 Å². The maximum atomic E-state index is 4.65. The zero-order chi connectivity index (χ0) is 13.5. The normalized spacial score (nSPS) is 17.3. The molecule has 0 atom stereocenters. The van der Waals surface area contributed by atoms with E-state index >= 15 is 0 Å². The van der Waals surface area contributed by atoms with E-state index in [2.05, 4.69) is 20.3 Å². The van der Waals surface area contributed by atoms with Crippen LogP contribution in [0.4, 0.5) is 0 Å². The molecule has 0 fully saturated rings. The Morgan fingerprint density at radius 2 is 1.40 bits per heavy atom. The molecule has 2 bridgehead atoms. The summed E-state index contributed by atoms with van der Waals surface area (Å²) in [6.45, 7) is 7.81. The van der Waals surface area contributed by atoms with Crippen LogP contribution in [0.25, 0.3) is 0 Å². The first-order valence-electron chi connectivity index (χ1n) is 6.98. The van der Waals surface area contributed by atoms with Gasteiger partial charge in [-0.1, -0.05) is 6.07 Å². The zero-order valence-corrected chi connectivity index (χ0v) is 13.2. The molecule has 0 spiro atoms. The molecule has 0 saturated heterocycles. The Hall–Kier alpha value is -1.04. The first-order valence-corrected chi connectivity index (χ1v) is 6.98. The molecule has 0 aliphatic carbocycles. The van der Waals surface area contributed by atoms with E-state index in [0.717, 1.165) is 61.8 Å². The quantitative estimate of drug-likeness (QED) is 0.796. The van der Waals surface area contributed by atoms with Crippen LogP contribution in [0.2, 0.25) is 0 Å². The Morgan fingerprint density at radius 3 is 1.90 bits per heavy atom. The number of hydrogen-bond donors (Lipinski definition) is 1. The minimum Gasteiger partial charge on any atom is -0.317 e. The summed E-state index contributed by atoms with van der Waals surface area (Å²) in [5.41, 5.74) is 3.92. The van der Waals surface area contributed by atoms with Crippen LogP contribution in [0.1, 0.15) is 38.1 Å². The number of aliphatic imine (C=N–C) groups is 2. The second-order valence-corrected chi connectivity index (χ2v) is 4.80. The third-order valence-electron chi connectivity index (χ3n) is 3.21. The van der Waals surface area contributed by atoms with Gasteiger partial charge in [0.2, 0.25) is 0 Å². The third kappa shape index (κ3) is 5.15. The average molecular weight is 317 g/mol. The van der Waals surface area contributed by atoms with Crippen LogP contribution in [0.5, 0.6) is 0 Å². The largest absolute Gasteiger partial charge is 0.317 e. The number of hydrogen-bond acceptors (Lipinski definition) is 4. The molecular weight excluding hydrogens is 295 g/mol. The molecule has 111 valence electrons. The van der Waals surface area contributed by atoms with E-state index in [-0.39, 0.29) is 16.8 Å². The van der Waals surface area contributed by atoms with E-state index in [1.54, 1.807) is 0 Å². The summed E-state index contributed by atoms with van der Waals surface area (Å²) in [6, 6.07) is 6.06. The number of aromatic nitrogens is 1. The second-order valence-electron chi connectivity index (χ2n) is 4.80. The summed E-state index contributed by atoms with van der Waals surface area (Å²) >= 11 is 0. The van der Waals surface area contributed by atoms with E-state index in [9.17, 15) is 0 Å². The summed E-state index contributed by atoms with van der Waals surface area (Å²) in [6.07, 6.45) is 2.14. The van der Waals surface area contributed by atoms with Crippen molar-refractivity contribution in [2.45, 2.75) is 26.7 Å². The van der Waals surface area contributed by atoms with Crippen molar-refractivity contribution in [3.05, 3.63) is 29.6 Å². The zero-order valence-electron chi connectivity index (χ0n) is 12.1. The van der Waals surface area contributed by atoms with E-state index < -0.39 is 0 Å². The van der Waals surface area contributed by atoms with Crippen LogP contribution >= 0.6 is 0 Å². The maximum absolute atomic E-state index is 4.65. The van der Waals surface area contributed by atoms with Crippen molar-refractivity contribution >= 4 is 11.4 Å². The van der Waals surface area contributed by atoms with Gasteiger partial charge < -0.3 is 5.32 Å². The summed E-state index contributed by atoms with van der Waals surface area (Å²) in [7, 11) is 0. The summed E-state index contributed by atoms with van der Waals surface area (Å²) in [5, 5.41) is 3.42. The van der Waals surface area contributed by atoms with Gasteiger partial charge in [-0.15, -0.1) is 0 Å². The van der Waals surface area contributed by atoms with Crippen LogP contribution in [-0.4, -0.2) is 42.6 Å². The fourth-order valence-electron chi connectivity index (χ4n) is 2.03. The van der Waals surface area contributed by atoms with Gasteiger partial charge in [0.1, 0.15) is 0 Å². The van der Waals surface area contributed by atoms with Gasteiger partial charge in [-0.3, -0.25) is 9.98 Å². The van der Waals surface area contributed by atoms with Crippen molar-refractivity contribution in [1.82, 2.24) is 10.3 Å². The molecule has 1 aromatic rings. The Bertz CT molecular complexity index is 443. The standard InChI is InChI=1S/C15H22N4.Co/c1-12-14-6-3-7-15(19-14)13(2)18-11-5-9-16-8-4-10-17-12;/h3,6-7,16H,4-5,8-11H2,1-2H3;. The number of nitrogens with zero attached hydrogens (tertiary/aromatic N) is 3. The second kappa shape index (κ2) is 9.00. The predicted molar refractivity (Wildman–Crippen MR) is 80.5 cm³/mol. The smallest absolute Gasteiger partial charge is 0.0845 e. The molecule has 5 heteroatoms. The maximum Gasteiger partial charge on any atom is 0.0845 e. The van der Waals surface area contributed by atoms with Crippen LogP contribution in [0.15, 0.2) is 28.2 Å². The van der Waals surface area contributed by atoms with Gasteiger partial charge in [-0.05, 0) is 51.9 Å². The molecule has 1 aliphatic heterocycles. The summed E-state index contributed by atoms with van der Waals surface area (Å²) in [5.74, 6) is 0. The van der Waals surface area contributed by atoms with Crippen LogP contribution in [0.3, 0.4) is 0 Å². The first kappa shape index (κ1) is 17.0. The van der Waals surface area contributed by atoms with Crippen LogP contribution in [-0.2, 0) is 16.8 Å². The van der Waals surface area contributed by atoms with Gasteiger partial charge in [0.15, 0.2) is 0 Å². The van der Waals surface area contributed by atoms with Gasteiger partial charge in [0.25, 0.3) is 0 Å². The Kier molecular flexibility index (Phi) is 7.65. The molecule has 0 aromatic carbocycles. The van der Waals surface area contributed by atoms with Crippen molar-refractivity contribution in [3.63, 3.8) is 0 Å². The van der Waals surface area contributed by atoms with Gasteiger partial charge in [-0.2, -0.15) is 0 Å². The number of pyridine rings is 1. The van der Waals surface area contributed by atoms with Crippen molar-refractivity contribution in [2.75, 3.05) is 26.2 Å². The molecule has 1 aromatic heterocycles. The van der Waals surface area contributed by atoms with Gasteiger partial charge in [0, 0.05) is 29.9 Å². The van der Waals surface area contributed by atoms with Gasteiger partial charge >= 0.3 is 0 Å². The number of rotatable bonds is 0. The molecule has 0 unspecified atom stereocenters. The van der Waals surface area contributed by atoms with Gasteiger partial charge in [-0.25, -0.2) is 4.98 Å². The fraction of sp³-hybridized carbons (Fsp3) is 0.533. The Balaban J connectivity index is 0.00000200. The predicted octanol–water partition coefficient (Wildman–Crippen LogP) is 2.08. The van der Waals surface area contributed by atoms with Crippen molar-refractivity contribution < 1.29 is 16.8 Å². The SMILES string of the molecule is CC1=NCCCNCCCN=C(C)c2cccc1n2.[Co]. The van der Waals surface area contributed by atoms with Crippen LogP contribution in [0, 0.1) is 0 Å². The first-order chi connectivity index (χ1) is 9.27. The Labute approximate surface area is 131 Å². The third-order valence-corrected chi connectivity index (χ3v) is 3.21. The molecule has 2 heterocycles. The summed E-state index contributed by atoms with van der Waals surface area (Å²) in [4.78, 5) is 13.8. The molecule has 1 aliphatic rings. The summed E-state index contributed by atoms with van der Waals surface area (Å²) < 4.78 is 0. The minimum atomic E-state index is 0. The van der Waals surface area contributed by atoms with E-state index in [1.807, 2.05) is 32.0 Å². The number of fused-ring (bicyclic) bond motifs is 2. The molecule has 2 rings (SSSR count). The molecule has 1 N–H and O–H groups in total. The fourth-order valence-corrected chi connectivity index (χ4v) is 2.03. The molecule has 0 saturated carbocycles. The molecule has 1 radical (unpaired) electrons. The van der Waals surface area contributed by atoms with Crippen LogP contribution < -0.4 is 5.32 Å². The van der Waals surface area contributed by atoms with Crippen molar-refractivity contribution in [1.29, 1.82) is 0 Å². The number of nitrogens with one attached hydrogen (secondary N) is 1. The molecule has 4 nitrogen and oxygen atoms in total.